The van der Waals surface area contributed by atoms with E-state index in [4.69, 9.17) is 11.5 Å². The van der Waals surface area contributed by atoms with Gasteiger partial charge in [0.25, 0.3) is 0 Å². The van der Waals surface area contributed by atoms with Crippen LogP contribution >= 0.6 is 11.8 Å². The lowest BCUT2D eigenvalue weighted by molar-refractivity contribution is -0.134. The molecule has 4 unspecified atom stereocenters. The maximum Gasteiger partial charge on any atom is 0.475 e. The summed E-state index contributed by atoms with van der Waals surface area (Å²) >= 11 is 1.47. The van der Waals surface area contributed by atoms with Crippen molar-refractivity contribution in [3.63, 3.8) is 0 Å². The van der Waals surface area contributed by atoms with Crippen molar-refractivity contribution in [3.8, 4) is 0 Å². The van der Waals surface area contributed by atoms with Gasteiger partial charge in [-0.3, -0.25) is 24.2 Å². The maximum atomic E-state index is 13.1. The second-order valence-electron chi connectivity index (χ2n) is 8.49. The highest BCUT2D eigenvalue weighted by Crippen LogP contribution is 2.07. The number of rotatable bonds is 16. The highest BCUT2D eigenvalue weighted by atomic mass is 32.2. The predicted molar refractivity (Wildman–Crippen MR) is 137 cm³/mol. The summed E-state index contributed by atoms with van der Waals surface area (Å²) in [6.45, 7) is 6.45. The Morgan fingerprint density at radius 2 is 1.46 bits per heavy atom. The van der Waals surface area contributed by atoms with Crippen molar-refractivity contribution in [3.05, 3.63) is 0 Å². The van der Waals surface area contributed by atoms with Crippen LogP contribution in [0.1, 0.15) is 47.0 Å². The molecule has 0 rings (SSSR count). The Kier molecular flexibility index (Phi) is 15.8. The summed E-state index contributed by atoms with van der Waals surface area (Å²) < 4.78 is 0. The molecule has 35 heavy (non-hydrogen) atoms. The Labute approximate surface area is 211 Å². The number of thioether (sulfide) groups is 1. The van der Waals surface area contributed by atoms with Crippen molar-refractivity contribution in [1.29, 1.82) is 0 Å². The Bertz CT molecular complexity index is 737. The fourth-order valence-electron chi connectivity index (χ4n) is 2.96. The number of guanidine groups is 1. The van der Waals surface area contributed by atoms with E-state index < -0.39 is 48.9 Å². The third-order valence-corrected chi connectivity index (χ3v) is 5.59. The first-order valence-corrected chi connectivity index (χ1v) is 12.8. The number of nitrogens with two attached hydrogens (primary N) is 2. The summed E-state index contributed by atoms with van der Waals surface area (Å²) in [5.41, 5.74) is 10.7. The molecule has 13 nitrogen and oxygen atoms in total. The zero-order chi connectivity index (χ0) is 27.1. The average molecular weight is 517 g/mol. The van der Waals surface area contributed by atoms with E-state index >= 15 is 0 Å². The lowest BCUT2D eigenvalue weighted by Gasteiger charge is -2.27. The Morgan fingerprint density at radius 3 is 1.94 bits per heavy atom. The molecule has 10 N–H and O–H groups in total. The van der Waals surface area contributed by atoms with Gasteiger partial charge in [0.05, 0.1) is 5.94 Å². The van der Waals surface area contributed by atoms with Crippen LogP contribution in [0.5, 0.6) is 0 Å². The van der Waals surface area contributed by atoms with E-state index in [1.807, 2.05) is 6.26 Å². The number of amides is 4. The van der Waals surface area contributed by atoms with Crippen molar-refractivity contribution in [2.24, 2.45) is 22.4 Å². The van der Waals surface area contributed by atoms with Crippen molar-refractivity contribution in [2.45, 2.75) is 71.0 Å². The number of nitrogens with one attached hydrogen (secondary N) is 4. The molecular formula is C20H40BN7O6S. The topological polar surface area (TPSA) is 221 Å². The van der Waals surface area contributed by atoms with Gasteiger partial charge in [-0.25, -0.2) is 0 Å². The van der Waals surface area contributed by atoms with E-state index in [1.54, 1.807) is 13.8 Å². The molecule has 0 bridgehead atoms. The van der Waals surface area contributed by atoms with Gasteiger partial charge in [-0.2, -0.15) is 11.8 Å². The van der Waals surface area contributed by atoms with E-state index in [0.29, 0.717) is 12.2 Å². The van der Waals surface area contributed by atoms with Gasteiger partial charge in [-0.1, -0.05) is 13.8 Å². The van der Waals surface area contributed by atoms with E-state index in [1.165, 1.54) is 25.6 Å². The molecule has 0 saturated heterocycles. The zero-order valence-corrected chi connectivity index (χ0v) is 21.9. The van der Waals surface area contributed by atoms with E-state index in [2.05, 4.69) is 26.3 Å². The van der Waals surface area contributed by atoms with Crippen LogP contribution in [-0.2, 0) is 19.2 Å². The summed E-state index contributed by atoms with van der Waals surface area (Å²) in [5, 5.41) is 28.8. The highest BCUT2D eigenvalue weighted by Gasteiger charge is 2.31. The molecule has 0 aliphatic heterocycles. The van der Waals surface area contributed by atoms with Crippen molar-refractivity contribution in [2.75, 3.05) is 18.6 Å². The number of nitrogens with zero attached hydrogens (tertiary/aromatic N) is 1. The van der Waals surface area contributed by atoms with E-state index in [-0.39, 0.29) is 37.2 Å². The molecule has 0 aromatic rings. The predicted octanol–water partition coefficient (Wildman–Crippen LogP) is -2.56. The lowest BCUT2D eigenvalue weighted by atomic mass is 9.81. The molecule has 0 aromatic carbocycles. The standard InChI is InChI=1S/C20H40BN7O6S/c1-11(2)16(26-13(4)29)19(32)28-14(7-6-9-24-20(22)23)18(31)27-15(8-10-35-5)17(30)25-12(3)21(33)34/h11-12,14-16,33-34H,6-10H2,1-5H3,(H,25,30)(H,26,29)(H,27,31)(H,28,32)(H4,22,23,24). The summed E-state index contributed by atoms with van der Waals surface area (Å²) in [4.78, 5) is 54.1. The maximum absolute atomic E-state index is 13.1. The molecule has 200 valence electrons. The largest absolute Gasteiger partial charge is 0.475 e. The van der Waals surface area contributed by atoms with E-state index in [9.17, 15) is 29.2 Å². The third-order valence-electron chi connectivity index (χ3n) is 4.95. The summed E-state index contributed by atoms with van der Waals surface area (Å²) in [5.74, 6) is -2.86. The van der Waals surface area contributed by atoms with Gasteiger partial charge in [-0.15, -0.1) is 0 Å². The molecule has 0 radical (unpaired) electrons. The van der Waals surface area contributed by atoms with Crippen LogP contribution in [0.3, 0.4) is 0 Å². The molecule has 0 saturated carbocycles. The highest BCUT2D eigenvalue weighted by molar-refractivity contribution is 7.98. The third kappa shape index (κ3) is 13.8. The molecule has 0 spiro atoms. The molecule has 0 fully saturated rings. The fraction of sp³-hybridized carbons (Fsp3) is 0.750. The van der Waals surface area contributed by atoms with Crippen LogP contribution in [0, 0.1) is 5.92 Å². The van der Waals surface area contributed by atoms with Gasteiger partial charge >= 0.3 is 7.12 Å². The number of aliphatic imine (C=N–C) groups is 1. The molecule has 0 heterocycles. The summed E-state index contributed by atoms with van der Waals surface area (Å²) in [7, 11) is -1.76. The number of carbonyl (C=O) groups excluding carboxylic acids is 4. The number of hydrogen-bond acceptors (Lipinski definition) is 8. The summed E-state index contributed by atoms with van der Waals surface area (Å²) in [6, 6.07) is -2.86. The monoisotopic (exact) mass is 517 g/mol. The van der Waals surface area contributed by atoms with Gasteiger partial charge in [0.15, 0.2) is 5.96 Å². The van der Waals surface area contributed by atoms with Crippen LogP contribution < -0.4 is 32.7 Å². The second-order valence-corrected chi connectivity index (χ2v) is 9.47. The summed E-state index contributed by atoms with van der Waals surface area (Å²) in [6.07, 6.45) is 2.65. The first-order valence-electron chi connectivity index (χ1n) is 11.4. The molecular weight excluding hydrogens is 477 g/mol. The second kappa shape index (κ2) is 17.0. The molecule has 0 aliphatic rings. The van der Waals surface area contributed by atoms with Crippen LogP contribution in [0.15, 0.2) is 4.99 Å². The average Bonchev–Trinajstić information content (AvgIpc) is 2.75. The van der Waals surface area contributed by atoms with Crippen LogP contribution in [0.25, 0.3) is 0 Å². The van der Waals surface area contributed by atoms with Gasteiger partial charge in [0, 0.05) is 13.5 Å². The minimum Gasteiger partial charge on any atom is -0.426 e. The Hall–Kier alpha value is -2.52. The van der Waals surface area contributed by atoms with Gasteiger partial charge < -0.3 is 42.8 Å². The lowest BCUT2D eigenvalue weighted by Crippen LogP contribution is -2.58. The van der Waals surface area contributed by atoms with Crippen LogP contribution in [-0.4, -0.2) is 89.4 Å². The zero-order valence-electron chi connectivity index (χ0n) is 21.0. The first-order chi connectivity index (χ1) is 16.3. The van der Waals surface area contributed by atoms with Crippen LogP contribution in [0.2, 0.25) is 0 Å². The van der Waals surface area contributed by atoms with Crippen molar-refractivity contribution >= 4 is 48.5 Å². The van der Waals surface area contributed by atoms with Gasteiger partial charge in [-0.05, 0) is 44.1 Å². The van der Waals surface area contributed by atoms with Gasteiger partial charge in [0.1, 0.15) is 18.1 Å². The van der Waals surface area contributed by atoms with Crippen molar-refractivity contribution < 1.29 is 29.2 Å². The molecule has 0 aromatic heterocycles. The smallest absolute Gasteiger partial charge is 0.426 e. The molecule has 15 heteroatoms. The van der Waals surface area contributed by atoms with Crippen LogP contribution in [0.4, 0.5) is 0 Å². The minimum absolute atomic E-state index is 0.102. The number of hydrogen-bond donors (Lipinski definition) is 8. The normalized spacial score (nSPS) is 14.2. The van der Waals surface area contributed by atoms with E-state index in [0.717, 1.165) is 0 Å². The molecule has 0 aliphatic carbocycles. The molecule has 4 amide bonds. The Balaban J connectivity index is 5.62. The fourth-order valence-corrected chi connectivity index (χ4v) is 3.44. The molecule has 4 atom stereocenters. The quantitative estimate of drug-likeness (QED) is 0.0466. The minimum atomic E-state index is -1.76. The SMILES string of the molecule is CSCCC(NC(=O)C(CCCN=C(N)N)NC(=O)C(NC(C)=O)C(C)C)C(=O)NC(C)B(O)O. The van der Waals surface area contributed by atoms with Gasteiger partial charge in [0.2, 0.25) is 23.6 Å². The first kappa shape index (κ1) is 32.5. The van der Waals surface area contributed by atoms with Crippen molar-refractivity contribution in [1.82, 2.24) is 21.3 Å². The number of carbonyl (C=O) groups is 4. The Morgan fingerprint density at radius 1 is 0.914 bits per heavy atom.